The van der Waals surface area contributed by atoms with Crippen LogP contribution in [0.15, 0.2) is 170 Å². The monoisotopic (exact) mass is 1570 g/mol. The zero-order chi connectivity index (χ0) is 87.0. The molecule has 0 N–H and O–H groups in total. The molecule has 116 heavy (non-hydrogen) atoms. The smallest absolute Gasteiger partial charge is 0.162 e. The fourth-order valence-electron chi connectivity index (χ4n) is 21.2. The predicted octanol–water partition coefficient (Wildman–Crippen LogP) is 16.3. The van der Waals surface area contributed by atoms with E-state index in [0.717, 1.165) is 193 Å². The van der Waals surface area contributed by atoms with Crippen LogP contribution >= 0.6 is 0 Å². The molecule has 16 heteroatoms. The van der Waals surface area contributed by atoms with Gasteiger partial charge in [0, 0.05) is 228 Å². The number of Topliss-reactive ketones (excluding diaryl/α,β-unsaturated/α-hetero) is 4. The van der Waals surface area contributed by atoms with Crippen molar-refractivity contribution in [3.05, 3.63) is 237 Å². The maximum atomic E-state index is 12.5. The molecule has 0 spiro atoms. The third kappa shape index (κ3) is 16.3. The van der Waals surface area contributed by atoms with Gasteiger partial charge in [-0.2, -0.15) is 0 Å². The van der Waals surface area contributed by atoms with Gasteiger partial charge in [-0.1, -0.05) is 168 Å². The second-order valence-corrected chi connectivity index (χ2v) is 34.9. The summed E-state index contributed by atoms with van der Waals surface area (Å²) >= 11 is 0. The van der Waals surface area contributed by atoms with Crippen LogP contribution in [-0.4, -0.2) is 226 Å². The molecule has 4 fully saturated rings. The van der Waals surface area contributed by atoms with Crippen molar-refractivity contribution in [1.82, 2.24) is 19.6 Å². The maximum absolute atomic E-state index is 12.5. The molecule has 0 saturated carbocycles. The Labute approximate surface area is 702 Å². The van der Waals surface area contributed by atoms with Gasteiger partial charge in [0.15, 0.2) is 23.1 Å². The lowest BCUT2D eigenvalue weighted by Crippen LogP contribution is -2.49. The third-order valence-corrected chi connectivity index (χ3v) is 27.5. The normalized spacial score (nSPS) is 25.9. The topological polar surface area (TPSA) is 107 Å². The van der Waals surface area contributed by atoms with Crippen LogP contribution in [0.3, 0.4) is 0 Å². The summed E-state index contributed by atoms with van der Waals surface area (Å²) in [4.78, 5) is 76.5. The molecule has 0 bridgehead atoms. The minimum Gasteiger partial charge on any atom is -0.371 e. The fraction of sp³-hybridized carbons (Fsp3) is 0.480. The van der Waals surface area contributed by atoms with Crippen LogP contribution in [-0.2, 0) is 0 Å². The summed E-state index contributed by atoms with van der Waals surface area (Å²) < 4.78 is 68.4. The van der Waals surface area contributed by atoms with Crippen molar-refractivity contribution >= 4 is 68.6 Å². The number of piperidine rings is 4. The number of likely N-dealkylation sites (tertiary alicyclic amines) is 4. The number of fused-ring (bicyclic) bond motifs is 12. The van der Waals surface area contributed by atoms with Crippen molar-refractivity contribution in [2.24, 2.45) is 0 Å². The summed E-state index contributed by atoms with van der Waals surface area (Å²) in [5.41, 5.74) is 22.4. The molecule has 8 atom stereocenters. The number of nitrogens with zero attached hydrogens (tertiary/aromatic N) is 12. The Morgan fingerprint density at radius 1 is 0.293 bits per heavy atom. The Morgan fingerprint density at radius 3 is 0.853 bits per heavy atom. The van der Waals surface area contributed by atoms with Crippen LogP contribution in [0.1, 0.15) is 198 Å². The average molecular weight is 1570 g/mol. The van der Waals surface area contributed by atoms with E-state index in [1.54, 1.807) is 27.3 Å². The summed E-state index contributed by atoms with van der Waals surface area (Å²) in [6, 6.07) is 58.3. The quantitative estimate of drug-likeness (QED) is 0.0675. The van der Waals surface area contributed by atoms with Crippen molar-refractivity contribution in [1.29, 1.82) is 0 Å². The van der Waals surface area contributed by atoms with E-state index in [-0.39, 0.29) is 35.1 Å². The van der Waals surface area contributed by atoms with E-state index in [1.165, 1.54) is 61.9 Å². The summed E-state index contributed by atoms with van der Waals surface area (Å²) in [6.45, 7) is 16.0. The molecular weight excluding hydrogens is 1430 g/mol. The number of aryl methyl sites for hydroxylation is 4. The molecule has 2 unspecified atom stereocenters. The minimum atomic E-state index is -2.12. The van der Waals surface area contributed by atoms with E-state index in [1.807, 2.05) is 144 Å². The second-order valence-electron chi connectivity index (χ2n) is 34.9. The zero-order valence-electron chi connectivity index (χ0n) is 77.6. The van der Waals surface area contributed by atoms with Gasteiger partial charge in [-0.3, -0.25) is 19.2 Å². The van der Waals surface area contributed by atoms with E-state index in [9.17, 15) is 19.2 Å². The first-order valence-corrected chi connectivity index (χ1v) is 43.3. The Morgan fingerprint density at radius 2 is 0.552 bits per heavy atom. The van der Waals surface area contributed by atoms with Crippen molar-refractivity contribution in [2.45, 2.75) is 153 Å². The molecule has 8 aromatic rings. The van der Waals surface area contributed by atoms with Crippen LogP contribution in [0.4, 0.5) is 45.5 Å². The first kappa shape index (κ1) is 69.8. The molecular formula is C100H124N12O4. The number of carbonyl (C=O) groups excluding carboxylic acids is 4. The number of rotatable bonds is 20. The third-order valence-electron chi connectivity index (χ3n) is 27.5. The van der Waals surface area contributed by atoms with Crippen molar-refractivity contribution in [3.8, 4) is 0 Å². The Bertz CT molecular complexity index is 5090. The van der Waals surface area contributed by atoms with Crippen LogP contribution in [0.5, 0.6) is 0 Å². The minimum absolute atomic E-state index is 0.0506. The fourth-order valence-corrected chi connectivity index (χ4v) is 21.2. The molecule has 16 nitrogen and oxygen atoms in total. The highest BCUT2D eigenvalue weighted by Crippen LogP contribution is 2.55. The Balaban J connectivity index is 0.000000117. The lowest BCUT2D eigenvalue weighted by atomic mass is 9.89. The van der Waals surface area contributed by atoms with Gasteiger partial charge in [0.1, 0.15) is 0 Å². The van der Waals surface area contributed by atoms with E-state index < -0.39 is 26.0 Å². The number of carbonyl (C=O) groups is 4. The molecule has 608 valence electrons. The number of anilines is 8. The molecule has 0 aromatic heterocycles. The van der Waals surface area contributed by atoms with Gasteiger partial charge < -0.3 is 58.8 Å². The molecule has 0 aliphatic carbocycles. The highest BCUT2D eigenvalue weighted by molar-refractivity contribution is 5.98. The van der Waals surface area contributed by atoms with Gasteiger partial charge >= 0.3 is 0 Å². The molecule has 8 aromatic carbocycles. The molecule has 12 aliphatic heterocycles. The van der Waals surface area contributed by atoms with E-state index in [0.29, 0.717) is 74.7 Å². The van der Waals surface area contributed by atoms with Gasteiger partial charge in [-0.25, -0.2) is 0 Å². The molecule has 20 rings (SSSR count). The molecule has 0 amide bonds. The van der Waals surface area contributed by atoms with Gasteiger partial charge in [-0.05, 0) is 152 Å². The zero-order valence-corrected chi connectivity index (χ0v) is 69.6. The highest BCUT2D eigenvalue weighted by atomic mass is 16.1. The van der Waals surface area contributed by atoms with Gasteiger partial charge in [0.25, 0.3) is 0 Å². The number of likely N-dealkylation sites (N-methyl/N-ethyl adjacent to an activating group) is 4. The lowest BCUT2D eigenvalue weighted by Gasteiger charge is -2.41. The number of ketones is 4. The number of hydrogen-bond acceptors (Lipinski definition) is 16. The van der Waals surface area contributed by atoms with Gasteiger partial charge in [0.05, 0.1) is 56.5 Å². The summed E-state index contributed by atoms with van der Waals surface area (Å²) in [7, 11) is 7.59. The van der Waals surface area contributed by atoms with E-state index >= 15 is 0 Å². The van der Waals surface area contributed by atoms with E-state index in [2.05, 4.69) is 114 Å². The predicted molar refractivity (Wildman–Crippen MR) is 478 cm³/mol. The van der Waals surface area contributed by atoms with Crippen molar-refractivity contribution in [3.63, 3.8) is 0 Å². The summed E-state index contributed by atoms with van der Waals surface area (Å²) in [5.74, 6) is 2.49. The van der Waals surface area contributed by atoms with Crippen LogP contribution in [0.25, 0.3) is 0 Å². The first-order chi connectivity index (χ1) is 59.4. The molecule has 0 radical (unpaired) electrons. The van der Waals surface area contributed by atoms with Crippen molar-refractivity contribution < 1.29 is 30.1 Å². The van der Waals surface area contributed by atoms with Crippen molar-refractivity contribution in [2.75, 3.05) is 198 Å². The molecule has 12 heterocycles. The van der Waals surface area contributed by atoms with Gasteiger partial charge in [0.2, 0.25) is 0 Å². The standard InChI is InChI=1S/4C25H31N3O/c4*1-18-8-10-19(11-9-18)24(29)7-4-13-27-14-12-22-21(17-27)20-5-3-6-23-25(20)28(22)16-15-26(23)2/h4*3,5-6,8-11,21-22H,4,7,12-17H2,1-2H3/t3*21-,22-;/m000./s1/i2*15D2;;15D2,16D2. The Hall–Kier alpha value is -9.32. The van der Waals surface area contributed by atoms with Crippen LogP contribution < -0.4 is 39.2 Å². The average Bonchev–Trinajstić information content (AvgIpc) is 1.54. The van der Waals surface area contributed by atoms with Crippen LogP contribution in [0.2, 0.25) is 0 Å². The first-order valence-electron chi connectivity index (χ1n) is 47.3. The van der Waals surface area contributed by atoms with Crippen LogP contribution in [0, 0.1) is 27.7 Å². The van der Waals surface area contributed by atoms with Gasteiger partial charge in [-0.15, -0.1) is 0 Å². The maximum Gasteiger partial charge on any atom is 0.162 e. The SMILES string of the molecule is Cc1ccc(C(=O)CCCN2CC[C@H]3[C@@H](C2)c2cccc4c2N3CCN4C)cc1.[2H]C1([2H])CN2c3c(cccc3N1C)[C@@H]1CN(CCCC(=O)c3ccc(C)cc3)CC[C@@H]12.[2H]C1([2H])CN2c3c(cccc3N1C)[C@@H]1CN(CCCC(=O)c3ccc(C)cc3)CC[C@@H]12.[2H]C1([2H])N(C)c2cccc3c2N(C2CCN(CCCC(=O)c4ccc(C)cc4)CC32)C1([2H])[2H]. The lowest BCUT2D eigenvalue weighted by molar-refractivity contribution is 0.0963. The highest BCUT2D eigenvalue weighted by Gasteiger charge is 2.49. The number of hydrogen-bond donors (Lipinski definition) is 0. The summed E-state index contributed by atoms with van der Waals surface area (Å²) in [5, 5.41) is 0. The number of benzene rings is 8. The largest absolute Gasteiger partial charge is 0.371 e. The molecule has 4 saturated heterocycles. The summed E-state index contributed by atoms with van der Waals surface area (Å²) in [6.07, 6.45) is 9.96. The number of para-hydroxylation sites is 4. The van der Waals surface area contributed by atoms with E-state index in [4.69, 9.17) is 11.0 Å². The molecule has 12 aliphatic rings. The second kappa shape index (κ2) is 34.7. The Kier molecular flexibility index (Phi) is 20.9.